The van der Waals surface area contributed by atoms with Gasteiger partial charge >= 0.3 is 0 Å². The van der Waals surface area contributed by atoms with Gasteiger partial charge in [-0.25, -0.2) is 4.72 Å². The van der Waals surface area contributed by atoms with E-state index < -0.39 is 10.2 Å². The highest BCUT2D eigenvalue weighted by Gasteiger charge is 2.26. The highest BCUT2D eigenvalue weighted by atomic mass is 32.2. The highest BCUT2D eigenvalue weighted by Crippen LogP contribution is 2.26. The summed E-state index contributed by atoms with van der Waals surface area (Å²) in [5.74, 6) is 0.562. The van der Waals surface area contributed by atoms with Gasteiger partial charge in [0.2, 0.25) is 0 Å². The molecule has 1 aromatic carbocycles. The van der Waals surface area contributed by atoms with Crippen LogP contribution in [0.5, 0.6) is 0 Å². The number of rotatable bonds is 6. The van der Waals surface area contributed by atoms with Crippen LogP contribution in [0.4, 0.5) is 0 Å². The molecule has 0 radical (unpaired) electrons. The molecule has 2 aliphatic rings. The van der Waals surface area contributed by atoms with Gasteiger partial charge in [0.15, 0.2) is 0 Å². The lowest BCUT2D eigenvalue weighted by Crippen LogP contribution is -2.48. The number of ether oxygens (including phenoxy) is 1. The van der Waals surface area contributed by atoms with Crippen LogP contribution < -0.4 is 4.72 Å². The number of hydrogen-bond acceptors (Lipinski definition) is 4. The summed E-state index contributed by atoms with van der Waals surface area (Å²) in [6, 6.07) is 10.5. The molecule has 6 nitrogen and oxygen atoms in total. The van der Waals surface area contributed by atoms with Crippen molar-refractivity contribution in [1.29, 1.82) is 0 Å². The van der Waals surface area contributed by atoms with Crippen molar-refractivity contribution in [2.24, 2.45) is 0 Å². The second-order valence-corrected chi connectivity index (χ2v) is 7.86. The van der Waals surface area contributed by atoms with Crippen molar-refractivity contribution in [2.45, 2.75) is 12.3 Å². The zero-order chi connectivity index (χ0) is 16.1. The van der Waals surface area contributed by atoms with E-state index in [1.807, 2.05) is 6.07 Å². The van der Waals surface area contributed by atoms with E-state index in [1.54, 1.807) is 0 Å². The number of nitrogens with one attached hydrogen (secondary N) is 1. The van der Waals surface area contributed by atoms with Gasteiger partial charge in [-0.05, 0) is 24.4 Å². The van der Waals surface area contributed by atoms with E-state index in [0.717, 1.165) is 26.1 Å². The van der Waals surface area contributed by atoms with Crippen LogP contribution in [-0.4, -0.2) is 70.1 Å². The fourth-order valence-corrected chi connectivity index (χ4v) is 4.41. The zero-order valence-electron chi connectivity index (χ0n) is 13.4. The van der Waals surface area contributed by atoms with Crippen molar-refractivity contribution in [1.82, 2.24) is 13.9 Å². The summed E-state index contributed by atoms with van der Waals surface area (Å²) in [5.41, 5.74) is 1.38. The Morgan fingerprint density at radius 3 is 2.61 bits per heavy atom. The largest absolute Gasteiger partial charge is 0.379 e. The van der Waals surface area contributed by atoms with Gasteiger partial charge in [0.05, 0.1) is 13.2 Å². The van der Waals surface area contributed by atoms with Crippen molar-refractivity contribution in [3.05, 3.63) is 35.9 Å². The molecule has 23 heavy (non-hydrogen) atoms. The molecule has 2 fully saturated rings. The summed E-state index contributed by atoms with van der Waals surface area (Å²) in [6.45, 7) is 5.08. The van der Waals surface area contributed by atoms with Crippen LogP contribution in [0.15, 0.2) is 30.3 Å². The van der Waals surface area contributed by atoms with Gasteiger partial charge < -0.3 is 9.64 Å². The first-order valence-corrected chi connectivity index (χ1v) is 9.69. The van der Waals surface area contributed by atoms with E-state index in [1.165, 1.54) is 9.87 Å². The Hall–Kier alpha value is -0.990. The van der Waals surface area contributed by atoms with Gasteiger partial charge in [-0.3, -0.25) is 0 Å². The predicted molar refractivity (Wildman–Crippen MR) is 89.6 cm³/mol. The van der Waals surface area contributed by atoms with E-state index >= 15 is 0 Å². The van der Waals surface area contributed by atoms with Crippen LogP contribution in [0, 0.1) is 0 Å². The predicted octanol–water partition coefficient (Wildman–Crippen LogP) is 0.642. The minimum absolute atomic E-state index is 0.440. The monoisotopic (exact) mass is 339 g/mol. The lowest BCUT2D eigenvalue weighted by molar-refractivity contribution is 0.0724. The van der Waals surface area contributed by atoms with Crippen molar-refractivity contribution >= 4 is 10.2 Å². The molecule has 2 heterocycles. The Morgan fingerprint density at radius 1 is 1.13 bits per heavy atom. The maximum Gasteiger partial charge on any atom is 0.279 e. The van der Waals surface area contributed by atoms with Crippen LogP contribution in [0.3, 0.4) is 0 Å². The number of hydrogen-bond donors (Lipinski definition) is 1. The average molecular weight is 339 g/mol. The first-order chi connectivity index (χ1) is 11.1. The molecule has 1 unspecified atom stereocenters. The van der Waals surface area contributed by atoms with Crippen molar-refractivity contribution in [2.75, 3.05) is 52.5 Å². The lowest BCUT2D eigenvalue weighted by atomic mass is 9.99. The van der Waals surface area contributed by atoms with Crippen LogP contribution in [0.2, 0.25) is 0 Å². The average Bonchev–Trinajstić information content (AvgIpc) is 3.05. The third-order valence-electron chi connectivity index (χ3n) is 4.57. The normalized spacial score (nSPS) is 24.1. The van der Waals surface area contributed by atoms with Gasteiger partial charge in [0.1, 0.15) is 0 Å². The smallest absolute Gasteiger partial charge is 0.279 e. The second-order valence-electron chi connectivity index (χ2n) is 6.11. The lowest BCUT2D eigenvalue weighted by Gasteiger charge is -2.26. The standard InChI is InChI=1S/C16H25N3O3S/c20-23(21,19-10-12-22-13-11-19)17-7-9-18-8-6-16(14-18)15-4-2-1-3-5-15/h1-5,16-17H,6-14H2. The maximum absolute atomic E-state index is 12.2. The Bertz CT molecular complexity index is 588. The Morgan fingerprint density at radius 2 is 1.87 bits per heavy atom. The van der Waals surface area contributed by atoms with Crippen LogP contribution in [-0.2, 0) is 14.9 Å². The van der Waals surface area contributed by atoms with Gasteiger partial charge in [0.25, 0.3) is 10.2 Å². The molecule has 2 saturated heterocycles. The second kappa shape index (κ2) is 7.72. The summed E-state index contributed by atoms with van der Waals surface area (Å²) in [4.78, 5) is 2.33. The molecular formula is C16H25N3O3S. The molecule has 0 aliphatic carbocycles. The number of benzene rings is 1. The molecule has 0 saturated carbocycles. The molecule has 7 heteroatoms. The van der Waals surface area contributed by atoms with E-state index in [-0.39, 0.29) is 0 Å². The summed E-state index contributed by atoms with van der Waals surface area (Å²) in [6.07, 6.45) is 1.14. The van der Waals surface area contributed by atoms with E-state index in [2.05, 4.69) is 33.9 Å². The highest BCUT2D eigenvalue weighted by molar-refractivity contribution is 7.87. The summed E-state index contributed by atoms with van der Waals surface area (Å²) in [5, 5.41) is 0. The third kappa shape index (κ3) is 4.51. The Kier molecular flexibility index (Phi) is 5.66. The van der Waals surface area contributed by atoms with Crippen LogP contribution in [0.25, 0.3) is 0 Å². The molecule has 1 aromatic rings. The number of nitrogens with zero attached hydrogens (tertiary/aromatic N) is 2. The third-order valence-corrected chi connectivity index (χ3v) is 6.18. The SMILES string of the molecule is O=S(=O)(NCCN1CCC(c2ccccc2)C1)N1CCOCC1. The summed E-state index contributed by atoms with van der Waals surface area (Å²) >= 11 is 0. The Balaban J connectivity index is 1.43. The van der Waals surface area contributed by atoms with Gasteiger partial charge in [-0.2, -0.15) is 12.7 Å². The van der Waals surface area contributed by atoms with Crippen molar-refractivity contribution in [3.8, 4) is 0 Å². The molecule has 1 atom stereocenters. The molecule has 1 N–H and O–H groups in total. The summed E-state index contributed by atoms with van der Waals surface area (Å²) in [7, 11) is -3.36. The van der Waals surface area contributed by atoms with Gasteiger partial charge in [-0.15, -0.1) is 0 Å². The molecule has 2 aliphatic heterocycles. The molecule has 0 spiro atoms. The van der Waals surface area contributed by atoms with E-state index in [0.29, 0.717) is 38.8 Å². The Labute approximate surface area is 138 Å². The molecule has 0 amide bonds. The maximum atomic E-state index is 12.2. The van der Waals surface area contributed by atoms with Gasteiger partial charge in [0, 0.05) is 32.7 Å². The minimum Gasteiger partial charge on any atom is -0.379 e. The molecular weight excluding hydrogens is 314 g/mol. The number of morpholine rings is 1. The fourth-order valence-electron chi connectivity index (χ4n) is 3.24. The van der Waals surface area contributed by atoms with E-state index in [9.17, 15) is 8.42 Å². The van der Waals surface area contributed by atoms with Crippen LogP contribution in [0.1, 0.15) is 17.9 Å². The first-order valence-electron chi connectivity index (χ1n) is 8.25. The molecule has 0 bridgehead atoms. The number of likely N-dealkylation sites (tertiary alicyclic amines) is 1. The fraction of sp³-hybridized carbons (Fsp3) is 0.625. The topological polar surface area (TPSA) is 61.9 Å². The first kappa shape index (κ1) is 16.9. The van der Waals surface area contributed by atoms with Crippen molar-refractivity contribution in [3.63, 3.8) is 0 Å². The quantitative estimate of drug-likeness (QED) is 0.826. The minimum atomic E-state index is -3.36. The zero-order valence-corrected chi connectivity index (χ0v) is 14.2. The molecule has 128 valence electrons. The van der Waals surface area contributed by atoms with E-state index in [4.69, 9.17) is 4.74 Å². The molecule has 0 aromatic heterocycles. The molecule has 3 rings (SSSR count). The van der Waals surface area contributed by atoms with Crippen LogP contribution >= 0.6 is 0 Å². The summed E-state index contributed by atoms with van der Waals surface area (Å²) < 4.78 is 33.7. The van der Waals surface area contributed by atoms with Crippen molar-refractivity contribution < 1.29 is 13.2 Å². The van der Waals surface area contributed by atoms with Gasteiger partial charge in [-0.1, -0.05) is 30.3 Å².